The molecule has 2 aliphatic heterocycles. The van der Waals surface area contributed by atoms with Gasteiger partial charge in [-0.3, -0.25) is 13.6 Å². The molecular formula is C37H40N6O4. The van der Waals surface area contributed by atoms with E-state index in [9.17, 15) is 4.79 Å². The van der Waals surface area contributed by atoms with Gasteiger partial charge >= 0.3 is 0 Å². The summed E-state index contributed by atoms with van der Waals surface area (Å²) in [7, 11) is 1.66. The van der Waals surface area contributed by atoms with Crippen molar-refractivity contribution in [3.8, 4) is 5.88 Å². The molecule has 1 N–H and O–H groups in total. The number of fused-ring (bicyclic) bond motifs is 2. The first kappa shape index (κ1) is 30.8. The number of nitrogens with zero attached hydrogens (tertiary/aromatic N) is 5. The zero-order chi connectivity index (χ0) is 32.0. The van der Waals surface area contributed by atoms with Crippen LogP contribution in [-0.4, -0.2) is 62.3 Å². The molecule has 242 valence electrons. The molecule has 0 radical (unpaired) electrons. The zero-order valence-electron chi connectivity index (χ0n) is 26.7. The van der Waals surface area contributed by atoms with E-state index in [4.69, 9.17) is 14.2 Å². The second-order valence-electron chi connectivity index (χ2n) is 12.2. The number of hydrogen-bond acceptors (Lipinski definition) is 7. The van der Waals surface area contributed by atoms with Crippen molar-refractivity contribution < 1.29 is 14.2 Å². The van der Waals surface area contributed by atoms with Crippen molar-refractivity contribution >= 4 is 11.0 Å². The first-order chi connectivity index (χ1) is 23.2. The van der Waals surface area contributed by atoms with Crippen LogP contribution in [0.5, 0.6) is 5.88 Å². The zero-order valence-corrected chi connectivity index (χ0v) is 26.7. The van der Waals surface area contributed by atoms with E-state index in [0.29, 0.717) is 29.7 Å². The summed E-state index contributed by atoms with van der Waals surface area (Å²) in [6.45, 7) is 3.14. The van der Waals surface area contributed by atoms with Gasteiger partial charge in [-0.1, -0.05) is 60.7 Å². The molecule has 8 rings (SSSR count). The van der Waals surface area contributed by atoms with Crippen LogP contribution in [0.1, 0.15) is 71.7 Å². The number of H-pyrrole nitrogens is 1. The standard InChI is InChI=1S/C19H21N3O2.C18H19N3O2/c1-23-19-17-12-20-18(15-7-9-24-10-8-15)22(17)13-16(21-19)11-14-5-3-2-4-6-14;22-18-16-11-19-17(14-6-8-23-9-7-14)21(16)12-15(20-18)10-13-4-2-1-3-5-13/h2-6,12-13,15H,7-11H2,1H3;1-5,11-12,14H,6-10H2,(H,20,22). The number of benzene rings is 2. The maximum absolute atomic E-state index is 12.3. The average molecular weight is 633 g/mol. The lowest BCUT2D eigenvalue weighted by Crippen LogP contribution is -2.18. The molecule has 6 heterocycles. The van der Waals surface area contributed by atoms with Gasteiger partial charge in [0.05, 0.1) is 25.2 Å². The molecule has 47 heavy (non-hydrogen) atoms. The van der Waals surface area contributed by atoms with Crippen LogP contribution in [0.3, 0.4) is 0 Å². The van der Waals surface area contributed by atoms with Crippen molar-refractivity contribution in [3.05, 3.63) is 130 Å². The summed E-state index contributed by atoms with van der Waals surface area (Å²) in [5, 5.41) is 0. The minimum Gasteiger partial charge on any atom is -0.479 e. The Labute approximate surface area is 273 Å². The molecule has 6 aromatic rings. The SMILES string of the molecule is COc1nc(Cc2ccccc2)cn2c(C3CCOCC3)ncc12.O=c1[nH]c(Cc2ccccc2)cn2c(C3CCOCC3)ncc12. The van der Waals surface area contributed by atoms with Crippen molar-refractivity contribution in [2.75, 3.05) is 33.5 Å². The molecule has 2 saturated heterocycles. The van der Waals surface area contributed by atoms with Crippen LogP contribution < -0.4 is 10.3 Å². The van der Waals surface area contributed by atoms with Crippen molar-refractivity contribution in [3.63, 3.8) is 0 Å². The van der Waals surface area contributed by atoms with Crippen molar-refractivity contribution in [2.24, 2.45) is 0 Å². The molecular weight excluding hydrogens is 592 g/mol. The number of methoxy groups -OCH3 is 1. The lowest BCUT2D eigenvalue weighted by Gasteiger charge is -2.21. The van der Waals surface area contributed by atoms with Crippen LogP contribution in [-0.2, 0) is 22.3 Å². The van der Waals surface area contributed by atoms with E-state index < -0.39 is 0 Å². The summed E-state index contributed by atoms with van der Waals surface area (Å²) in [5.74, 6) is 3.48. The fraction of sp³-hybridized carbons (Fsp3) is 0.351. The third-order valence-electron chi connectivity index (χ3n) is 9.02. The summed E-state index contributed by atoms with van der Waals surface area (Å²) in [6, 6.07) is 20.5. The molecule has 2 aliphatic rings. The largest absolute Gasteiger partial charge is 0.479 e. The number of rotatable bonds is 7. The quantitative estimate of drug-likeness (QED) is 0.240. The number of hydrogen-bond donors (Lipinski definition) is 1. The van der Waals surface area contributed by atoms with E-state index in [1.165, 1.54) is 11.1 Å². The molecule has 0 bridgehead atoms. The number of nitrogens with one attached hydrogen (secondary N) is 1. The second-order valence-corrected chi connectivity index (χ2v) is 12.2. The van der Waals surface area contributed by atoms with Gasteiger partial charge in [0.15, 0.2) is 0 Å². The highest BCUT2D eigenvalue weighted by Gasteiger charge is 2.23. The maximum Gasteiger partial charge on any atom is 0.274 e. The van der Waals surface area contributed by atoms with Crippen LogP contribution in [0.4, 0.5) is 0 Å². The van der Waals surface area contributed by atoms with Gasteiger partial charge in [0, 0.05) is 69.2 Å². The van der Waals surface area contributed by atoms with Crippen molar-refractivity contribution in [2.45, 2.75) is 50.4 Å². The third kappa shape index (κ3) is 6.99. The molecule has 0 atom stereocenters. The molecule has 10 heteroatoms. The predicted molar refractivity (Wildman–Crippen MR) is 179 cm³/mol. The topological polar surface area (TPSA) is 108 Å². The van der Waals surface area contributed by atoms with Gasteiger partial charge in [-0.05, 0) is 36.8 Å². The van der Waals surface area contributed by atoms with E-state index in [1.807, 2.05) is 41.1 Å². The van der Waals surface area contributed by atoms with Gasteiger partial charge in [0.2, 0.25) is 5.88 Å². The van der Waals surface area contributed by atoms with Gasteiger partial charge in [-0.15, -0.1) is 0 Å². The summed E-state index contributed by atoms with van der Waals surface area (Å²) in [5.41, 5.74) is 5.76. The van der Waals surface area contributed by atoms with Crippen LogP contribution in [0.2, 0.25) is 0 Å². The average Bonchev–Trinajstić information content (AvgIpc) is 3.75. The van der Waals surface area contributed by atoms with Gasteiger partial charge in [-0.2, -0.15) is 0 Å². The number of imidazole rings is 2. The second kappa shape index (κ2) is 14.3. The van der Waals surface area contributed by atoms with Gasteiger partial charge < -0.3 is 19.2 Å². The molecule has 2 fully saturated rings. The Balaban J connectivity index is 0.000000150. The number of aromatic nitrogens is 6. The fourth-order valence-corrected chi connectivity index (χ4v) is 6.57. The van der Waals surface area contributed by atoms with Gasteiger partial charge in [0.25, 0.3) is 5.56 Å². The summed E-state index contributed by atoms with van der Waals surface area (Å²) < 4.78 is 20.5. The van der Waals surface area contributed by atoms with Crippen molar-refractivity contribution in [1.29, 1.82) is 0 Å². The van der Waals surface area contributed by atoms with Gasteiger partial charge in [-0.25, -0.2) is 15.0 Å². The Morgan fingerprint density at radius 1 is 0.745 bits per heavy atom. The molecule has 4 aromatic heterocycles. The number of ether oxygens (including phenoxy) is 3. The van der Waals surface area contributed by atoms with Crippen LogP contribution in [0.25, 0.3) is 11.0 Å². The molecule has 2 aromatic carbocycles. The molecule has 0 aliphatic carbocycles. The van der Waals surface area contributed by atoms with E-state index in [2.05, 4.69) is 66.9 Å². The molecule has 0 saturated carbocycles. The molecule has 10 nitrogen and oxygen atoms in total. The van der Waals surface area contributed by atoms with Crippen molar-refractivity contribution in [1.82, 2.24) is 28.7 Å². The Morgan fingerprint density at radius 3 is 1.85 bits per heavy atom. The molecule has 0 amide bonds. The fourth-order valence-electron chi connectivity index (χ4n) is 6.57. The molecule has 0 unspecified atom stereocenters. The highest BCUT2D eigenvalue weighted by Crippen LogP contribution is 2.30. The molecule has 0 spiro atoms. The predicted octanol–water partition coefficient (Wildman–Crippen LogP) is 5.73. The monoisotopic (exact) mass is 632 g/mol. The highest BCUT2D eigenvalue weighted by atomic mass is 16.5. The summed E-state index contributed by atoms with van der Waals surface area (Å²) >= 11 is 0. The third-order valence-corrected chi connectivity index (χ3v) is 9.02. The smallest absolute Gasteiger partial charge is 0.274 e. The minimum atomic E-state index is -0.0794. The highest BCUT2D eigenvalue weighted by molar-refractivity contribution is 5.56. The normalized spacial score (nSPS) is 15.9. The number of aromatic amines is 1. The van der Waals surface area contributed by atoms with E-state index in [-0.39, 0.29) is 5.56 Å². The lowest BCUT2D eigenvalue weighted by molar-refractivity contribution is 0.0834. The van der Waals surface area contributed by atoms with E-state index in [0.717, 1.165) is 87.1 Å². The minimum absolute atomic E-state index is 0.0794. The Hall–Kier alpha value is -4.80. The Kier molecular flexibility index (Phi) is 9.39. The van der Waals surface area contributed by atoms with Crippen LogP contribution in [0.15, 0.2) is 90.2 Å². The first-order valence-electron chi connectivity index (χ1n) is 16.4. The van der Waals surface area contributed by atoms with E-state index >= 15 is 0 Å². The summed E-state index contributed by atoms with van der Waals surface area (Å²) in [6.07, 6.45) is 13.1. The maximum atomic E-state index is 12.3. The van der Waals surface area contributed by atoms with Gasteiger partial charge in [0.1, 0.15) is 22.7 Å². The Morgan fingerprint density at radius 2 is 1.28 bits per heavy atom. The van der Waals surface area contributed by atoms with E-state index in [1.54, 1.807) is 13.3 Å². The Bertz CT molecular complexity index is 1970. The first-order valence-corrected chi connectivity index (χ1v) is 16.4. The lowest BCUT2D eigenvalue weighted by atomic mass is 9.99. The summed E-state index contributed by atoms with van der Waals surface area (Å²) in [4.78, 5) is 29.2. The van der Waals surface area contributed by atoms with Crippen LogP contribution in [0, 0.1) is 0 Å². The van der Waals surface area contributed by atoms with Crippen LogP contribution >= 0.6 is 0 Å².